The van der Waals surface area contributed by atoms with Crippen LogP contribution in [0.25, 0.3) is 0 Å². The molecule has 0 aromatic heterocycles. The van der Waals surface area contributed by atoms with Crippen molar-refractivity contribution in [3.8, 4) is 0 Å². The Labute approximate surface area is 107 Å². The van der Waals surface area contributed by atoms with Crippen molar-refractivity contribution in [2.75, 3.05) is 12.3 Å². The molecule has 0 unspecified atom stereocenters. The predicted octanol–water partition coefficient (Wildman–Crippen LogP) is -4.80. The maximum Gasteiger partial charge on any atom is 1.00 e. The van der Waals surface area contributed by atoms with Crippen LogP contribution in [0.4, 0.5) is 4.79 Å². The average molecular weight is 206 g/mol. The van der Waals surface area contributed by atoms with Gasteiger partial charge in [-0.3, -0.25) is 0 Å². The van der Waals surface area contributed by atoms with E-state index in [1.54, 1.807) is 0 Å². The molecule has 2 amide bonds. The number of nitrogens with two attached hydrogens (primary N) is 1. The van der Waals surface area contributed by atoms with Gasteiger partial charge in [-0.25, -0.2) is 13.2 Å². The van der Waals surface area contributed by atoms with Gasteiger partial charge in [-0.15, -0.1) is 0 Å². The number of nitrogens with one attached hydrogen (secondary N) is 1. The number of hydrogen-bond donors (Lipinski definition) is 2. The summed E-state index contributed by atoms with van der Waals surface area (Å²) in [5.74, 6) is -0.629. The molecule has 0 aliphatic carbocycles. The number of rotatable bonds is 3. The van der Waals surface area contributed by atoms with Crippen LogP contribution in [-0.4, -0.2) is 31.3 Å². The molecule has 0 atom stereocenters. The summed E-state index contributed by atoms with van der Waals surface area (Å²) < 4.78 is 29.6. The van der Waals surface area contributed by atoms with Gasteiger partial charge in [0.2, 0.25) is 0 Å². The third-order valence-electron chi connectivity index (χ3n) is 0.651. The van der Waals surface area contributed by atoms with Crippen LogP contribution < -0.4 is 62.4 Å². The Bertz CT molecular complexity index is 213. The molecule has 6 nitrogen and oxygen atoms in total. The topological polar surface area (TPSA) is 112 Å². The third-order valence-corrected chi connectivity index (χ3v) is 1.36. The van der Waals surface area contributed by atoms with E-state index >= 15 is 0 Å². The Morgan fingerprint density at radius 2 is 2.00 bits per heavy atom. The smallest absolute Gasteiger partial charge is 0.748 e. The summed E-state index contributed by atoms with van der Waals surface area (Å²) in [7, 11) is -4.24. The zero-order valence-corrected chi connectivity index (χ0v) is 9.97. The quantitative estimate of drug-likeness (QED) is 0.356. The maximum atomic E-state index is 9.90. The van der Waals surface area contributed by atoms with Crippen LogP contribution in [0, 0.1) is 0 Å². The first-order valence-corrected chi connectivity index (χ1v) is 3.96. The summed E-state index contributed by atoms with van der Waals surface area (Å²) in [5, 5.41) is 1.96. The van der Waals surface area contributed by atoms with Gasteiger partial charge in [0.25, 0.3) is 0 Å². The second kappa shape index (κ2) is 6.35. The molecule has 0 aromatic rings. The average Bonchev–Trinajstić information content (AvgIpc) is 1.59. The molecule has 60 valence electrons. The summed E-state index contributed by atoms with van der Waals surface area (Å²) in [6, 6.07) is -0.844. The molecule has 0 aliphatic rings. The van der Waals surface area contributed by atoms with Gasteiger partial charge in [-0.1, -0.05) is 0 Å². The fourth-order valence-electron chi connectivity index (χ4n) is 0.299. The van der Waals surface area contributed by atoms with Gasteiger partial charge in [0, 0.05) is 6.54 Å². The summed E-state index contributed by atoms with van der Waals surface area (Å²) in [6.07, 6.45) is 0. The Morgan fingerprint density at radius 1 is 1.55 bits per heavy atom. The van der Waals surface area contributed by atoms with Crippen molar-refractivity contribution in [3.05, 3.63) is 0 Å². The van der Waals surface area contributed by atoms with E-state index in [0.29, 0.717) is 0 Å². The molecule has 0 fully saturated rings. The van der Waals surface area contributed by atoms with Crippen molar-refractivity contribution in [2.24, 2.45) is 5.73 Å². The normalized spacial score (nSPS) is 9.91. The van der Waals surface area contributed by atoms with E-state index in [-0.39, 0.29) is 57.9 Å². The largest absolute Gasteiger partial charge is 1.00 e. The van der Waals surface area contributed by atoms with Gasteiger partial charge >= 0.3 is 57.4 Å². The Balaban J connectivity index is 0. The minimum absolute atomic E-state index is 0. The Hall–Kier alpha value is 0.816. The standard InChI is InChI=1S/C3H8N2O4S.K/c4-3(6)5-1-2-10(7,8)9;/h1-2H2,(H3,4,5,6)(H,7,8,9);/q;+1/p-1. The first kappa shape index (κ1) is 14.3. The second-order valence-corrected chi connectivity index (χ2v) is 3.08. The van der Waals surface area contributed by atoms with Crippen LogP contribution in [0.2, 0.25) is 0 Å². The van der Waals surface area contributed by atoms with E-state index in [1.165, 1.54) is 0 Å². The minimum Gasteiger partial charge on any atom is -0.748 e. The van der Waals surface area contributed by atoms with E-state index in [2.05, 4.69) is 5.73 Å². The van der Waals surface area contributed by atoms with Crippen LogP contribution in [0.5, 0.6) is 0 Å². The number of amides is 2. The van der Waals surface area contributed by atoms with Crippen molar-refractivity contribution < 1.29 is 69.1 Å². The molecule has 0 saturated heterocycles. The molecule has 0 rings (SSSR count). The molecule has 0 bridgehead atoms. The molecule has 0 aliphatic heterocycles. The fraction of sp³-hybridized carbons (Fsp3) is 0.667. The molecule has 0 radical (unpaired) electrons. The Kier molecular flexibility index (Phi) is 8.28. The molecule has 0 aromatic carbocycles. The predicted molar refractivity (Wildman–Crippen MR) is 32.2 cm³/mol. The van der Waals surface area contributed by atoms with E-state index in [0.717, 1.165) is 0 Å². The van der Waals surface area contributed by atoms with Crippen molar-refractivity contribution in [3.63, 3.8) is 0 Å². The van der Waals surface area contributed by atoms with E-state index in [1.807, 2.05) is 5.32 Å². The Morgan fingerprint density at radius 3 is 2.27 bits per heavy atom. The molecule has 11 heavy (non-hydrogen) atoms. The van der Waals surface area contributed by atoms with E-state index < -0.39 is 21.9 Å². The van der Waals surface area contributed by atoms with Crippen LogP contribution in [-0.2, 0) is 10.1 Å². The monoisotopic (exact) mass is 206 g/mol. The number of carbonyl (C=O) groups excluding carboxylic acids is 1. The molecule has 0 heterocycles. The molecule has 8 heteroatoms. The van der Waals surface area contributed by atoms with Gasteiger partial charge in [0.1, 0.15) is 0 Å². The second-order valence-electron chi connectivity index (χ2n) is 1.55. The number of carbonyl (C=O) groups is 1. The molecule has 3 N–H and O–H groups in total. The summed E-state index contributed by atoms with van der Waals surface area (Å²) >= 11 is 0. The van der Waals surface area contributed by atoms with E-state index in [9.17, 15) is 17.8 Å². The van der Waals surface area contributed by atoms with Gasteiger partial charge in [-0.2, -0.15) is 0 Å². The minimum atomic E-state index is -4.24. The van der Waals surface area contributed by atoms with Crippen LogP contribution in [0.15, 0.2) is 0 Å². The first-order valence-electron chi connectivity index (χ1n) is 2.39. The van der Waals surface area contributed by atoms with Gasteiger partial charge in [-0.05, 0) is 0 Å². The fourth-order valence-corrected chi connectivity index (χ4v) is 0.651. The molecular formula is C3H7KN2O4S. The molecular weight excluding hydrogens is 199 g/mol. The van der Waals surface area contributed by atoms with Gasteiger partial charge < -0.3 is 15.6 Å². The van der Waals surface area contributed by atoms with Crippen molar-refractivity contribution in [2.45, 2.75) is 0 Å². The van der Waals surface area contributed by atoms with Crippen LogP contribution >= 0.6 is 0 Å². The molecule has 0 saturated carbocycles. The summed E-state index contributed by atoms with van der Waals surface area (Å²) in [4.78, 5) is 9.90. The zero-order valence-electron chi connectivity index (χ0n) is 6.03. The first-order chi connectivity index (χ1) is 4.42. The number of urea groups is 1. The van der Waals surface area contributed by atoms with Crippen molar-refractivity contribution >= 4 is 16.1 Å². The van der Waals surface area contributed by atoms with Crippen molar-refractivity contribution in [1.29, 1.82) is 0 Å². The van der Waals surface area contributed by atoms with Gasteiger partial charge in [0.15, 0.2) is 0 Å². The third kappa shape index (κ3) is 13.8. The van der Waals surface area contributed by atoms with E-state index in [4.69, 9.17) is 0 Å². The molecule has 0 spiro atoms. The maximum absolute atomic E-state index is 9.90. The van der Waals surface area contributed by atoms with Crippen LogP contribution in [0.1, 0.15) is 0 Å². The zero-order chi connectivity index (χ0) is 8.20. The summed E-state index contributed by atoms with van der Waals surface area (Å²) in [5.41, 5.74) is 4.57. The van der Waals surface area contributed by atoms with Gasteiger partial charge in [0.05, 0.1) is 15.9 Å². The number of primary amides is 1. The SMILES string of the molecule is NC(=O)NCCS(=O)(=O)[O-].[K+]. The van der Waals surface area contributed by atoms with Crippen molar-refractivity contribution in [1.82, 2.24) is 5.32 Å². The number of hydrogen-bond acceptors (Lipinski definition) is 4. The summed E-state index contributed by atoms with van der Waals surface area (Å²) in [6.45, 7) is -0.235. The van der Waals surface area contributed by atoms with Crippen LogP contribution in [0.3, 0.4) is 0 Å².